The van der Waals surface area contributed by atoms with Crippen LogP contribution in [0.15, 0.2) is 42.5 Å². The lowest BCUT2D eigenvalue weighted by atomic mass is 10.0. The first-order valence-corrected chi connectivity index (χ1v) is 8.73. The van der Waals surface area contributed by atoms with Gasteiger partial charge in [-0.2, -0.15) is 0 Å². The first-order chi connectivity index (χ1) is 12.6. The Hall–Kier alpha value is -2.73. The normalized spacial score (nSPS) is 16.8. The van der Waals surface area contributed by atoms with Crippen molar-refractivity contribution in [1.29, 1.82) is 0 Å². The Labute approximate surface area is 152 Å². The number of nitrogens with one attached hydrogen (secondary N) is 3. The molecule has 26 heavy (non-hydrogen) atoms. The summed E-state index contributed by atoms with van der Waals surface area (Å²) in [5.74, 6) is -1.42. The largest absolute Gasteiger partial charge is 0.348 e. The molecule has 3 N–H and O–H groups in total. The van der Waals surface area contributed by atoms with Gasteiger partial charge in [0.25, 0.3) is 11.8 Å². The molecule has 2 aromatic carbocycles. The predicted octanol–water partition coefficient (Wildman–Crippen LogP) is 2.87. The fourth-order valence-corrected chi connectivity index (χ4v) is 3.09. The van der Waals surface area contributed by atoms with Crippen LogP contribution >= 0.6 is 0 Å². The number of benzene rings is 2. The van der Waals surface area contributed by atoms with Crippen LogP contribution in [0.25, 0.3) is 0 Å². The van der Waals surface area contributed by atoms with Gasteiger partial charge < -0.3 is 16.0 Å². The van der Waals surface area contributed by atoms with Crippen LogP contribution in [0.1, 0.15) is 39.1 Å². The number of hydrogen-bond donors (Lipinski definition) is 3. The lowest BCUT2D eigenvalue weighted by Gasteiger charge is -2.24. The number of anilines is 1. The molecule has 1 aliphatic rings. The molecule has 1 aliphatic heterocycles. The first kappa shape index (κ1) is 18.1. The van der Waals surface area contributed by atoms with Gasteiger partial charge in [-0.15, -0.1) is 0 Å². The summed E-state index contributed by atoms with van der Waals surface area (Å²) in [6.45, 7) is 3.49. The number of piperidine rings is 1. The van der Waals surface area contributed by atoms with Gasteiger partial charge in [0.05, 0.1) is 16.8 Å². The quantitative estimate of drug-likeness (QED) is 0.790. The highest BCUT2D eigenvalue weighted by molar-refractivity contribution is 6.09. The van der Waals surface area contributed by atoms with Gasteiger partial charge in [0, 0.05) is 12.6 Å². The van der Waals surface area contributed by atoms with Crippen molar-refractivity contribution >= 4 is 17.5 Å². The van der Waals surface area contributed by atoms with Gasteiger partial charge in [-0.05, 0) is 50.1 Å². The minimum atomic E-state index is -0.599. The number of amides is 2. The standard InChI is InChI=1S/C20H22FN3O2/c1-13-6-4-9-16(20(26)23-14-7-5-11-22-12-14)18(13)24-19(25)15-8-2-3-10-17(15)21/h2-4,6,8-10,14,22H,5,7,11-12H2,1H3,(H,23,26)(H,24,25)/t14-/m0/s1. The third-order valence-electron chi connectivity index (χ3n) is 4.51. The lowest BCUT2D eigenvalue weighted by Crippen LogP contribution is -2.45. The number of aryl methyl sites for hydroxylation is 1. The minimum Gasteiger partial charge on any atom is -0.348 e. The summed E-state index contributed by atoms with van der Waals surface area (Å²) >= 11 is 0. The van der Waals surface area contributed by atoms with Gasteiger partial charge in [0.1, 0.15) is 5.82 Å². The van der Waals surface area contributed by atoms with Crippen molar-refractivity contribution in [2.75, 3.05) is 18.4 Å². The number of rotatable bonds is 4. The number of carbonyl (C=O) groups is 2. The van der Waals surface area contributed by atoms with Crippen LogP contribution in [-0.4, -0.2) is 30.9 Å². The number of hydrogen-bond acceptors (Lipinski definition) is 3. The van der Waals surface area contributed by atoms with E-state index >= 15 is 0 Å². The zero-order chi connectivity index (χ0) is 18.5. The van der Waals surface area contributed by atoms with E-state index in [9.17, 15) is 14.0 Å². The fourth-order valence-electron chi connectivity index (χ4n) is 3.09. The van der Waals surface area contributed by atoms with E-state index in [-0.39, 0.29) is 17.5 Å². The number of carbonyl (C=O) groups excluding carboxylic acids is 2. The zero-order valence-electron chi connectivity index (χ0n) is 14.6. The molecule has 0 aliphatic carbocycles. The molecule has 136 valence electrons. The molecule has 0 saturated carbocycles. The Morgan fingerprint density at radius 2 is 1.85 bits per heavy atom. The monoisotopic (exact) mass is 355 g/mol. The van der Waals surface area contributed by atoms with Gasteiger partial charge in [-0.1, -0.05) is 24.3 Å². The summed E-state index contributed by atoms with van der Waals surface area (Å²) in [5, 5.41) is 8.95. The number of halogens is 1. The smallest absolute Gasteiger partial charge is 0.258 e. The highest BCUT2D eigenvalue weighted by atomic mass is 19.1. The molecule has 0 radical (unpaired) electrons. The molecule has 0 aromatic heterocycles. The van der Waals surface area contributed by atoms with Gasteiger partial charge in [0.15, 0.2) is 0 Å². The Bertz CT molecular complexity index is 816. The summed E-state index contributed by atoms with van der Waals surface area (Å²) in [7, 11) is 0. The van der Waals surface area contributed by atoms with Crippen LogP contribution in [-0.2, 0) is 0 Å². The fraction of sp³-hybridized carbons (Fsp3) is 0.300. The van der Waals surface area contributed by atoms with Crippen molar-refractivity contribution in [3.63, 3.8) is 0 Å². The van der Waals surface area contributed by atoms with E-state index in [2.05, 4.69) is 16.0 Å². The second-order valence-corrected chi connectivity index (χ2v) is 6.45. The minimum absolute atomic E-state index is 0.0569. The third-order valence-corrected chi connectivity index (χ3v) is 4.51. The van der Waals surface area contributed by atoms with Crippen LogP contribution < -0.4 is 16.0 Å². The summed E-state index contributed by atoms with van der Waals surface area (Å²) < 4.78 is 13.9. The van der Waals surface area contributed by atoms with Crippen molar-refractivity contribution in [3.05, 3.63) is 65.0 Å². The van der Waals surface area contributed by atoms with Crippen molar-refractivity contribution < 1.29 is 14.0 Å². The Kier molecular flexibility index (Phi) is 5.63. The molecule has 0 unspecified atom stereocenters. The van der Waals surface area contributed by atoms with Crippen molar-refractivity contribution in [2.45, 2.75) is 25.8 Å². The van der Waals surface area contributed by atoms with E-state index in [0.29, 0.717) is 11.3 Å². The van der Waals surface area contributed by atoms with Gasteiger partial charge in [0.2, 0.25) is 0 Å². The highest BCUT2D eigenvalue weighted by Crippen LogP contribution is 2.22. The Morgan fingerprint density at radius 3 is 2.58 bits per heavy atom. The summed E-state index contributed by atoms with van der Waals surface area (Å²) in [4.78, 5) is 25.2. The van der Waals surface area contributed by atoms with Crippen molar-refractivity contribution in [1.82, 2.24) is 10.6 Å². The predicted molar refractivity (Wildman–Crippen MR) is 98.9 cm³/mol. The second kappa shape index (κ2) is 8.10. The van der Waals surface area contributed by atoms with E-state index in [1.165, 1.54) is 18.2 Å². The van der Waals surface area contributed by atoms with Gasteiger partial charge in [-0.25, -0.2) is 4.39 Å². The van der Waals surface area contributed by atoms with E-state index in [0.717, 1.165) is 31.5 Å². The Morgan fingerprint density at radius 1 is 1.08 bits per heavy atom. The molecule has 0 spiro atoms. The maximum Gasteiger partial charge on any atom is 0.258 e. The molecule has 6 heteroatoms. The molecule has 2 aromatic rings. The van der Waals surface area contributed by atoms with E-state index < -0.39 is 11.7 Å². The Balaban J connectivity index is 1.82. The van der Waals surface area contributed by atoms with E-state index in [1.807, 2.05) is 0 Å². The molecule has 3 rings (SSSR count). The first-order valence-electron chi connectivity index (χ1n) is 8.73. The van der Waals surface area contributed by atoms with Crippen LogP contribution in [0.4, 0.5) is 10.1 Å². The molecule has 1 saturated heterocycles. The number of para-hydroxylation sites is 1. The average molecular weight is 355 g/mol. The third kappa shape index (κ3) is 4.08. The molecule has 1 heterocycles. The molecule has 0 bridgehead atoms. The molecule has 1 fully saturated rings. The summed E-state index contributed by atoms with van der Waals surface area (Å²) in [5.41, 5.74) is 1.46. The van der Waals surface area contributed by atoms with Crippen LogP contribution in [0.2, 0.25) is 0 Å². The SMILES string of the molecule is Cc1cccc(C(=O)N[C@H]2CCCNC2)c1NC(=O)c1ccccc1F. The maximum absolute atomic E-state index is 13.9. The molecular weight excluding hydrogens is 333 g/mol. The summed E-state index contributed by atoms with van der Waals surface area (Å²) in [6, 6.07) is 11.1. The van der Waals surface area contributed by atoms with Crippen molar-refractivity contribution in [3.8, 4) is 0 Å². The molecule has 2 amide bonds. The summed E-state index contributed by atoms with van der Waals surface area (Å²) in [6.07, 6.45) is 1.93. The molecule has 5 nitrogen and oxygen atoms in total. The van der Waals surface area contributed by atoms with E-state index in [1.54, 1.807) is 31.2 Å². The highest BCUT2D eigenvalue weighted by Gasteiger charge is 2.21. The topological polar surface area (TPSA) is 70.2 Å². The van der Waals surface area contributed by atoms with Crippen molar-refractivity contribution in [2.24, 2.45) is 0 Å². The second-order valence-electron chi connectivity index (χ2n) is 6.45. The molecular formula is C20H22FN3O2. The van der Waals surface area contributed by atoms with Crippen LogP contribution in [0.3, 0.4) is 0 Å². The van der Waals surface area contributed by atoms with E-state index in [4.69, 9.17) is 0 Å². The van der Waals surface area contributed by atoms with Crippen LogP contribution in [0, 0.1) is 12.7 Å². The van der Waals surface area contributed by atoms with Gasteiger partial charge in [-0.3, -0.25) is 9.59 Å². The van der Waals surface area contributed by atoms with Gasteiger partial charge >= 0.3 is 0 Å². The van der Waals surface area contributed by atoms with Crippen LogP contribution in [0.5, 0.6) is 0 Å². The zero-order valence-corrected chi connectivity index (χ0v) is 14.6. The maximum atomic E-state index is 13.9. The molecule has 1 atom stereocenters. The lowest BCUT2D eigenvalue weighted by molar-refractivity contribution is 0.0931. The average Bonchev–Trinajstić information content (AvgIpc) is 2.64.